The van der Waals surface area contributed by atoms with Crippen molar-refractivity contribution in [3.63, 3.8) is 0 Å². The minimum absolute atomic E-state index is 0.104. The molecule has 15 heteroatoms. The lowest BCUT2D eigenvalue weighted by atomic mass is 9.98. The number of rotatable bonds is 38. The van der Waals surface area contributed by atoms with Crippen LogP contribution in [0.2, 0.25) is 0 Å². The predicted molar refractivity (Wildman–Crippen MR) is 243 cm³/mol. The van der Waals surface area contributed by atoms with Gasteiger partial charge in [0.1, 0.15) is 55.4 Å². The summed E-state index contributed by atoms with van der Waals surface area (Å²) in [7, 11) is 0. The molecule has 0 amide bonds. The van der Waals surface area contributed by atoms with Crippen LogP contribution in [0.5, 0.6) is 0 Å². The van der Waals surface area contributed by atoms with E-state index in [1.165, 1.54) is 103 Å². The fraction of sp³-hybridized carbons (Fsp3) is 0.878. The summed E-state index contributed by atoms with van der Waals surface area (Å²) in [6.07, 6.45) is 19.4. The van der Waals surface area contributed by atoms with E-state index >= 15 is 0 Å². The molecule has 0 aromatic carbocycles. The summed E-state index contributed by atoms with van der Waals surface area (Å²) in [5, 5.41) is 71.9. The van der Waals surface area contributed by atoms with E-state index in [0.717, 1.165) is 32.1 Å². The van der Waals surface area contributed by atoms with Crippen LogP contribution in [-0.2, 0) is 38.0 Å². The number of esters is 2. The van der Waals surface area contributed by atoms with Crippen LogP contribution in [0.25, 0.3) is 0 Å². The standard InChI is InChI=1S/C49H88O15/c1-3-5-7-9-11-13-15-16-17-18-19-20-22-24-26-28-30-32-41(52)62-37(34-59-40(51)31-29-27-25-23-21-14-12-10-8-6-4-2)35-60-48-47(58)45(56)43(54)39(64-48)36-61-49-46(57)44(55)42(53)38(33-50)63-49/h19-20,24,26,37-39,42-50,53-58H,3-18,21-23,25,27-36H2,1-2H3/b20-19+,26-24+/t37-,38+,39+,42-,43-,44?,45?,46?,47?,48+,49+/m1/s1. The van der Waals surface area contributed by atoms with Crippen LogP contribution < -0.4 is 0 Å². The highest BCUT2D eigenvalue weighted by atomic mass is 16.7. The number of hydrogen-bond donors (Lipinski definition) is 7. The molecule has 11 atom stereocenters. The fourth-order valence-electron chi connectivity index (χ4n) is 7.79. The second-order valence-electron chi connectivity index (χ2n) is 17.6. The Balaban J connectivity index is 1.84. The first-order valence-corrected chi connectivity index (χ1v) is 24.9. The number of unbranched alkanes of at least 4 members (excludes halogenated alkanes) is 20. The van der Waals surface area contributed by atoms with E-state index in [1.807, 2.05) is 6.08 Å². The van der Waals surface area contributed by atoms with Gasteiger partial charge in [0.05, 0.1) is 19.8 Å². The first kappa shape index (κ1) is 58.1. The van der Waals surface area contributed by atoms with Crippen molar-refractivity contribution >= 4 is 11.9 Å². The molecule has 64 heavy (non-hydrogen) atoms. The van der Waals surface area contributed by atoms with E-state index in [2.05, 4.69) is 32.1 Å². The third kappa shape index (κ3) is 25.2. The van der Waals surface area contributed by atoms with Crippen LogP contribution in [0.3, 0.4) is 0 Å². The van der Waals surface area contributed by atoms with Crippen LogP contribution in [-0.4, -0.2) is 142 Å². The summed E-state index contributed by atoms with van der Waals surface area (Å²) in [4.78, 5) is 25.6. The number of hydrogen-bond acceptors (Lipinski definition) is 15. The lowest BCUT2D eigenvalue weighted by Crippen LogP contribution is -2.61. The van der Waals surface area contributed by atoms with E-state index in [9.17, 15) is 45.3 Å². The van der Waals surface area contributed by atoms with Crippen LogP contribution in [0.1, 0.15) is 181 Å². The molecule has 0 aromatic heterocycles. The predicted octanol–water partition coefficient (Wildman–Crippen LogP) is 6.38. The van der Waals surface area contributed by atoms with Gasteiger partial charge < -0.3 is 64.2 Å². The molecule has 7 N–H and O–H groups in total. The first-order valence-electron chi connectivity index (χ1n) is 24.9. The van der Waals surface area contributed by atoms with Gasteiger partial charge in [-0.3, -0.25) is 9.59 Å². The zero-order valence-electron chi connectivity index (χ0n) is 39.3. The largest absolute Gasteiger partial charge is 0.462 e. The Morgan fingerprint density at radius 2 is 0.953 bits per heavy atom. The van der Waals surface area contributed by atoms with E-state index < -0.39 is 99.3 Å². The van der Waals surface area contributed by atoms with E-state index in [4.69, 9.17) is 28.4 Å². The van der Waals surface area contributed by atoms with Crippen molar-refractivity contribution in [3.8, 4) is 0 Å². The molecule has 2 fully saturated rings. The van der Waals surface area contributed by atoms with Crippen LogP contribution in [0.4, 0.5) is 0 Å². The number of ether oxygens (including phenoxy) is 6. The number of aliphatic hydroxyl groups excluding tert-OH is 7. The van der Waals surface area contributed by atoms with Crippen LogP contribution >= 0.6 is 0 Å². The summed E-state index contributed by atoms with van der Waals surface area (Å²) < 4.78 is 33.5. The molecule has 0 aliphatic carbocycles. The highest BCUT2D eigenvalue weighted by molar-refractivity contribution is 5.70. The van der Waals surface area contributed by atoms with Gasteiger partial charge in [0.25, 0.3) is 0 Å². The molecule has 0 radical (unpaired) electrons. The Hall–Kier alpha value is -2.02. The van der Waals surface area contributed by atoms with Crippen molar-refractivity contribution in [1.82, 2.24) is 0 Å². The van der Waals surface area contributed by atoms with Gasteiger partial charge in [-0.1, -0.05) is 154 Å². The van der Waals surface area contributed by atoms with Gasteiger partial charge in [0, 0.05) is 12.8 Å². The molecular formula is C49H88O15. The second-order valence-corrected chi connectivity index (χ2v) is 17.6. The summed E-state index contributed by atoms with van der Waals surface area (Å²) >= 11 is 0. The van der Waals surface area contributed by atoms with E-state index in [1.54, 1.807) is 0 Å². The molecule has 2 aliphatic rings. The van der Waals surface area contributed by atoms with E-state index in [0.29, 0.717) is 19.3 Å². The molecule has 2 rings (SSSR count). The van der Waals surface area contributed by atoms with Crippen molar-refractivity contribution in [3.05, 3.63) is 24.3 Å². The summed E-state index contributed by atoms with van der Waals surface area (Å²) in [6, 6.07) is 0. The number of allylic oxidation sites excluding steroid dienone is 4. The molecule has 2 heterocycles. The van der Waals surface area contributed by atoms with Crippen molar-refractivity contribution in [2.24, 2.45) is 0 Å². The molecule has 0 aromatic rings. The molecule has 0 saturated carbocycles. The van der Waals surface area contributed by atoms with Gasteiger partial charge >= 0.3 is 11.9 Å². The Labute approximate surface area is 383 Å². The Bertz CT molecular complexity index is 1220. The van der Waals surface area contributed by atoms with Crippen molar-refractivity contribution < 1.29 is 73.8 Å². The van der Waals surface area contributed by atoms with E-state index in [-0.39, 0.29) is 19.4 Å². The number of carbonyl (C=O) groups is 2. The Kier molecular flexibility index (Phi) is 33.6. The highest BCUT2D eigenvalue weighted by Crippen LogP contribution is 2.26. The molecule has 0 spiro atoms. The third-order valence-electron chi connectivity index (χ3n) is 11.9. The van der Waals surface area contributed by atoms with Crippen LogP contribution in [0.15, 0.2) is 24.3 Å². The van der Waals surface area contributed by atoms with Gasteiger partial charge in [-0.15, -0.1) is 0 Å². The quantitative estimate of drug-likeness (QED) is 0.0203. The maximum Gasteiger partial charge on any atom is 0.306 e. The van der Waals surface area contributed by atoms with Gasteiger partial charge in [0.2, 0.25) is 0 Å². The monoisotopic (exact) mass is 917 g/mol. The third-order valence-corrected chi connectivity index (χ3v) is 11.9. The molecule has 2 saturated heterocycles. The molecule has 4 unspecified atom stereocenters. The zero-order valence-corrected chi connectivity index (χ0v) is 39.3. The van der Waals surface area contributed by atoms with Gasteiger partial charge in [0.15, 0.2) is 18.7 Å². The van der Waals surface area contributed by atoms with Crippen molar-refractivity contribution in [2.75, 3.05) is 26.4 Å². The summed E-state index contributed by atoms with van der Waals surface area (Å²) in [5.74, 6) is -0.974. The number of aliphatic hydroxyl groups is 7. The fourth-order valence-corrected chi connectivity index (χ4v) is 7.79. The normalized spacial score (nSPS) is 26.8. The molecule has 0 bridgehead atoms. The molecule has 15 nitrogen and oxygen atoms in total. The lowest BCUT2D eigenvalue weighted by Gasteiger charge is -2.42. The maximum atomic E-state index is 13.0. The zero-order chi connectivity index (χ0) is 46.8. The smallest absolute Gasteiger partial charge is 0.306 e. The summed E-state index contributed by atoms with van der Waals surface area (Å²) in [5.41, 5.74) is 0. The Morgan fingerprint density at radius 3 is 1.50 bits per heavy atom. The minimum atomic E-state index is -1.77. The topological polar surface area (TPSA) is 231 Å². The second kappa shape index (κ2) is 37.0. The number of carbonyl (C=O) groups excluding carboxylic acids is 2. The first-order chi connectivity index (χ1) is 31.0. The van der Waals surface area contributed by atoms with Crippen molar-refractivity contribution in [1.29, 1.82) is 0 Å². The van der Waals surface area contributed by atoms with Crippen LogP contribution in [0, 0.1) is 0 Å². The SMILES string of the molecule is CCCCCCCCCCC/C=C/C/C=C/CCCC(=O)O[C@H](COC(=O)CCCCCCCCCCCCC)CO[C@H]1O[C@@H](CO[C@H]2O[C@@H](CO)[C@@H](O)C(O)C2O)[C@@H](O)C(O)C1O. The molecule has 2 aliphatic heterocycles. The molecule has 374 valence electrons. The van der Waals surface area contributed by atoms with Gasteiger partial charge in [-0.05, 0) is 38.5 Å². The maximum absolute atomic E-state index is 13.0. The van der Waals surface area contributed by atoms with Crippen molar-refractivity contribution in [2.45, 2.75) is 248 Å². The van der Waals surface area contributed by atoms with Gasteiger partial charge in [-0.25, -0.2) is 0 Å². The average molecular weight is 917 g/mol. The minimum Gasteiger partial charge on any atom is -0.462 e. The van der Waals surface area contributed by atoms with Gasteiger partial charge in [-0.2, -0.15) is 0 Å². The Morgan fingerprint density at radius 1 is 0.500 bits per heavy atom. The lowest BCUT2D eigenvalue weighted by molar-refractivity contribution is -0.332. The molecular weight excluding hydrogens is 829 g/mol. The average Bonchev–Trinajstić information content (AvgIpc) is 3.29. The highest BCUT2D eigenvalue weighted by Gasteiger charge is 2.47. The summed E-state index contributed by atoms with van der Waals surface area (Å²) in [6.45, 7) is 2.54.